The third kappa shape index (κ3) is 1.34. The molecule has 0 radical (unpaired) electrons. The summed E-state index contributed by atoms with van der Waals surface area (Å²) in [6, 6.07) is 6.43. The van der Waals surface area contributed by atoms with Crippen LogP contribution in [0.2, 0.25) is 5.02 Å². The second kappa shape index (κ2) is 3.75. The zero-order chi connectivity index (χ0) is 11.2. The Kier molecular flexibility index (Phi) is 2.49. The molecule has 1 saturated carbocycles. The van der Waals surface area contributed by atoms with E-state index < -0.39 is 0 Å². The summed E-state index contributed by atoms with van der Waals surface area (Å²) < 4.78 is 0. The number of aryl methyl sites for hydroxylation is 1. The second-order valence-corrected chi connectivity index (χ2v) is 5.72. The molecule has 1 fully saturated rings. The minimum atomic E-state index is 0.382. The lowest BCUT2D eigenvalue weighted by Crippen LogP contribution is -2.48. The number of halogens is 1. The Hall–Kier alpha value is -0.530. The van der Waals surface area contributed by atoms with Crippen LogP contribution in [0.5, 0.6) is 0 Å². The van der Waals surface area contributed by atoms with Gasteiger partial charge in [0.15, 0.2) is 0 Å². The normalized spacial score (nSPS) is 26.2. The maximum atomic E-state index is 6.14. The molecule has 2 aliphatic carbocycles. The van der Waals surface area contributed by atoms with Crippen molar-refractivity contribution in [3.63, 3.8) is 0 Å². The summed E-state index contributed by atoms with van der Waals surface area (Å²) in [7, 11) is 0. The molecule has 1 spiro atoms. The van der Waals surface area contributed by atoms with Crippen molar-refractivity contribution in [2.75, 3.05) is 6.54 Å². The van der Waals surface area contributed by atoms with Gasteiger partial charge in [0, 0.05) is 5.02 Å². The summed E-state index contributed by atoms with van der Waals surface area (Å²) in [5, 5.41) is 0.877. The van der Waals surface area contributed by atoms with Crippen LogP contribution in [-0.2, 0) is 11.8 Å². The monoisotopic (exact) mass is 235 g/mol. The standard InChI is InChI=1S/C14H18ClN/c15-12-5-3-10-2-4-11(9-16)14(6-1-7-14)13(10)8-12/h3,5,8,11H,1-2,4,6-7,9,16H2. The van der Waals surface area contributed by atoms with Crippen molar-refractivity contribution in [1.82, 2.24) is 0 Å². The molecule has 0 heterocycles. The molecular formula is C14H18ClN. The molecule has 0 aliphatic heterocycles. The Morgan fingerprint density at radius 3 is 2.81 bits per heavy atom. The molecule has 2 aliphatic rings. The summed E-state index contributed by atoms with van der Waals surface area (Å²) in [5.74, 6) is 0.673. The highest BCUT2D eigenvalue weighted by molar-refractivity contribution is 6.30. The minimum Gasteiger partial charge on any atom is -0.330 e. The van der Waals surface area contributed by atoms with Crippen LogP contribution in [0.15, 0.2) is 18.2 Å². The number of hydrogen-bond donors (Lipinski definition) is 1. The van der Waals surface area contributed by atoms with Gasteiger partial charge < -0.3 is 5.73 Å². The van der Waals surface area contributed by atoms with E-state index >= 15 is 0 Å². The third-order valence-electron chi connectivity index (χ3n) is 4.68. The lowest BCUT2D eigenvalue weighted by atomic mass is 9.53. The van der Waals surface area contributed by atoms with Gasteiger partial charge in [-0.05, 0) is 66.8 Å². The molecule has 0 aromatic heterocycles. The highest BCUT2D eigenvalue weighted by Gasteiger charge is 2.47. The maximum Gasteiger partial charge on any atom is 0.0409 e. The van der Waals surface area contributed by atoms with Gasteiger partial charge in [0.2, 0.25) is 0 Å². The first-order chi connectivity index (χ1) is 7.76. The average molecular weight is 236 g/mol. The highest BCUT2D eigenvalue weighted by Crippen LogP contribution is 2.54. The van der Waals surface area contributed by atoms with Gasteiger partial charge in [-0.25, -0.2) is 0 Å². The largest absolute Gasteiger partial charge is 0.330 e. The summed E-state index contributed by atoms with van der Waals surface area (Å²) in [6.45, 7) is 0.825. The molecule has 1 aromatic rings. The van der Waals surface area contributed by atoms with E-state index in [1.165, 1.54) is 43.2 Å². The highest BCUT2D eigenvalue weighted by atomic mass is 35.5. The van der Waals surface area contributed by atoms with Crippen molar-refractivity contribution in [2.24, 2.45) is 11.7 Å². The molecule has 2 N–H and O–H groups in total. The Labute approximate surface area is 102 Å². The average Bonchev–Trinajstić information content (AvgIpc) is 2.24. The summed E-state index contributed by atoms with van der Waals surface area (Å²) in [4.78, 5) is 0. The summed E-state index contributed by atoms with van der Waals surface area (Å²) in [6.07, 6.45) is 6.40. The number of nitrogens with two attached hydrogens (primary N) is 1. The van der Waals surface area contributed by atoms with E-state index in [0.29, 0.717) is 11.3 Å². The van der Waals surface area contributed by atoms with Crippen molar-refractivity contribution in [3.05, 3.63) is 34.3 Å². The minimum absolute atomic E-state index is 0.382. The molecule has 16 heavy (non-hydrogen) atoms. The van der Waals surface area contributed by atoms with Gasteiger partial charge in [-0.1, -0.05) is 24.1 Å². The molecule has 0 bridgehead atoms. The molecule has 1 unspecified atom stereocenters. The lowest BCUT2D eigenvalue weighted by molar-refractivity contribution is 0.129. The number of rotatable bonds is 1. The molecule has 86 valence electrons. The fourth-order valence-electron chi connectivity index (χ4n) is 3.63. The predicted molar refractivity (Wildman–Crippen MR) is 67.8 cm³/mol. The molecule has 2 heteroatoms. The zero-order valence-electron chi connectivity index (χ0n) is 9.51. The van der Waals surface area contributed by atoms with Crippen molar-refractivity contribution in [3.8, 4) is 0 Å². The van der Waals surface area contributed by atoms with E-state index in [4.69, 9.17) is 17.3 Å². The smallest absolute Gasteiger partial charge is 0.0409 e. The van der Waals surface area contributed by atoms with E-state index in [9.17, 15) is 0 Å². The number of hydrogen-bond acceptors (Lipinski definition) is 1. The van der Waals surface area contributed by atoms with E-state index in [1.807, 2.05) is 6.07 Å². The van der Waals surface area contributed by atoms with E-state index in [0.717, 1.165) is 11.6 Å². The number of benzene rings is 1. The summed E-state index contributed by atoms with van der Waals surface area (Å²) in [5.41, 5.74) is 9.35. The van der Waals surface area contributed by atoms with Crippen molar-refractivity contribution in [1.29, 1.82) is 0 Å². The van der Waals surface area contributed by atoms with Gasteiger partial charge in [-0.15, -0.1) is 0 Å². The third-order valence-corrected chi connectivity index (χ3v) is 4.92. The molecule has 0 amide bonds. The topological polar surface area (TPSA) is 26.0 Å². The van der Waals surface area contributed by atoms with Gasteiger partial charge in [0.25, 0.3) is 0 Å². The maximum absolute atomic E-state index is 6.14. The Morgan fingerprint density at radius 1 is 1.38 bits per heavy atom. The summed E-state index contributed by atoms with van der Waals surface area (Å²) >= 11 is 6.14. The Morgan fingerprint density at radius 2 is 2.19 bits per heavy atom. The molecule has 1 atom stereocenters. The van der Waals surface area contributed by atoms with Gasteiger partial charge in [-0.3, -0.25) is 0 Å². The first kappa shape index (κ1) is 10.6. The van der Waals surface area contributed by atoms with Crippen LogP contribution in [0.4, 0.5) is 0 Å². The van der Waals surface area contributed by atoms with Gasteiger partial charge in [0.1, 0.15) is 0 Å². The van der Waals surface area contributed by atoms with Gasteiger partial charge in [-0.2, -0.15) is 0 Å². The van der Waals surface area contributed by atoms with E-state index in [2.05, 4.69) is 12.1 Å². The van der Waals surface area contributed by atoms with Crippen molar-refractivity contribution >= 4 is 11.6 Å². The predicted octanol–water partition coefficient (Wildman–Crippen LogP) is 3.28. The second-order valence-electron chi connectivity index (χ2n) is 5.28. The SMILES string of the molecule is NCC1CCc2ccc(Cl)cc2C12CCC2. The van der Waals surface area contributed by atoms with E-state index in [-0.39, 0.29) is 0 Å². The molecule has 0 saturated heterocycles. The van der Waals surface area contributed by atoms with Crippen LogP contribution in [0.3, 0.4) is 0 Å². The van der Waals surface area contributed by atoms with Gasteiger partial charge in [0.05, 0.1) is 0 Å². The van der Waals surface area contributed by atoms with Crippen molar-refractivity contribution in [2.45, 2.75) is 37.5 Å². The molecule has 3 rings (SSSR count). The van der Waals surface area contributed by atoms with Crippen LogP contribution in [-0.4, -0.2) is 6.54 Å². The lowest BCUT2D eigenvalue weighted by Gasteiger charge is -2.51. The zero-order valence-corrected chi connectivity index (χ0v) is 10.3. The van der Waals surface area contributed by atoms with Crippen LogP contribution in [0.25, 0.3) is 0 Å². The Balaban J connectivity index is 2.10. The first-order valence-corrected chi connectivity index (χ1v) is 6.63. The quantitative estimate of drug-likeness (QED) is 0.794. The van der Waals surface area contributed by atoms with Crippen LogP contribution in [0, 0.1) is 5.92 Å². The number of fused-ring (bicyclic) bond motifs is 2. The first-order valence-electron chi connectivity index (χ1n) is 6.25. The van der Waals surface area contributed by atoms with Crippen molar-refractivity contribution < 1.29 is 0 Å². The van der Waals surface area contributed by atoms with Gasteiger partial charge >= 0.3 is 0 Å². The molecular weight excluding hydrogens is 218 g/mol. The van der Waals surface area contributed by atoms with Crippen LogP contribution >= 0.6 is 11.6 Å². The molecule has 1 aromatic carbocycles. The van der Waals surface area contributed by atoms with E-state index in [1.54, 1.807) is 0 Å². The van der Waals surface area contributed by atoms with Crippen LogP contribution in [0.1, 0.15) is 36.8 Å². The Bertz CT molecular complexity index is 409. The fourth-order valence-corrected chi connectivity index (χ4v) is 3.81. The van der Waals surface area contributed by atoms with Crippen LogP contribution < -0.4 is 5.73 Å². The molecule has 1 nitrogen and oxygen atoms in total. The fraction of sp³-hybridized carbons (Fsp3) is 0.571.